The van der Waals surface area contributed by atoms with E-state index in [-0.39, 0.29) is 6.04 Å². The monoisotopic (exact) mass is 478 g/mol. The van der Waals surface area contributed by atoms with Crippen LogP contribution in [0, 0.1) is 6.92 Å². The Bertz CT molecular complexity index is 1170. The molecule has 1 aliphatic rings. The molecule has 1 unspecified atom stereocenters. The molecule has 6 nitrogen and oxygen atoms in total. The Balaban J connectivity index is 2.00. The summed E-state index contributed by atoms with van der Waals surface area (Å²) < 4.78 is 6.33. The van der Waals surface area contributed by atoms with Gasteiger partial charge in [-0.25, -0.2) is 4.98 Å². The van der Waals surface area contributed by atoms with Gasteiger partial charge in [-0.2, -0.15) is 9.58 Å². The van der Waals surface area contributed by atoms with Crippen molar-refractivity contribution >= 4 is 34.6 Å². The zero-order valence-electron chi connectivity index (χ0n) is 20.3. The molecular weight excluding hydrogens is 446 g/mol. The molecule has 0 amide bonds. The number of benzene rings is 2. The number of hydrogen-bond acceptors (Lipinski definition) is 5. The number of aromatic nitrogens is 1. The Hall–Kier alpha value is -2.77. The van der Waals surface area contributed by atoms with E-state index in [1.807, 2.05) is 26.0 Å². The minimum atomic E-state index is 0.175. The van der Waals surface area contributed by atoms with Gasteiger partial charge >= 0.3 is 0 Å². The van der Waals surface area contributed by atoms with Crippen molar-refractivity contribution in [2.45, 2.75) is 46.8 Å². The van der Waals surface area contributed by atoms with Crippen molar-refractivity contribution < 1.29 is 4.74 Å². The molecule has 1 atom stereocenters. The van der Waals surface area contributed by atoms with Crippen molar-refractivity contribution in [1.29, 1.82) is 0 Å². The van der Waals surface area contributed by atoms with E-state index in [2.05, 4.69) is 72.4 Å². The quantitative estimate of drug-likeness (QED) is 0.301. The van der Waals surface area contributed by atoms with Crippen molar-refractivity contribution in [2.75, 3.05) is 18.9 Å². The molecule has 4 rings (SSSR count). The summed E-state index contributed by atoms with van der Waals surface area (Å²) in [5.41, 5.74) is 11.4. The predicted molar refractivity (Wildman–Crippen MR) is 141 cm³/mol. The normalized spacial score (nSPS) is 17.3. The van der Waals surface area contributed by atoms with E-state index < -0.39 is 0 Å². The second kappa shape index (κ2) is 10.2. The topological polar surface area (TPSA) is 63.7 Å². The van der Waals surface area contributed by atoms with Gasteiger partial charge < -0.3 is 10.5 Å². The minimum absolute atomic E-state index is 0.175. The predicted octanol–water partition coefficient (Wildman–Crippen LogP) is 6.04. The van der Waals surface area contributed by atoms with Crippen LogP contribution in [0.2, 0.25) is 5.15 Å². The van der Waals surface area contributed by atoms with Crippen molar-refractivity contribution in [3.63, 3.8) is 0 Å². The maximum Gasteiger partial charge on any atom is 0.255 e. The van der Waals surface area contributed by atoms with Gasteiger partial charge in [-0.15, -0.1) is 5.01 Å². The van der Waals surface area contributed by atoms with Gasteiger partial charge in [-0.3, -0.25) is 0 Å². The SMILES string of the molecule is CCOCC1=Nc2c(N)nc(Cl)c(C)c2[N+]1(Cc1ccccc1)N(Cc1ccccc1)C(C)C. The number of nitrogens with zero attached hydrogens (tertiary/aromatic N) is 4. The number of nitrogens with two attached hydrogens (primary N) is 1. The van der Waals surface area contributed by atoms with Gasteiger partial charge in [0.25, 0.3) is 5.84 Å². The first-order chi connectivity index (χ1) is 16.4. The molecule has 3 aromatic rings. The Morgan fingerprint density at radius 2 is 1.65 bits per heavy atom. The summed E-state index contributed by atoms with van der Waals surface area (Å²) in [7, 11) is 0. The van der Waals surface area contributed by atoms with Crippen molar-refractivity contribution in [3.8, 4) is 0 Å². The molecule has 1 aliphatic heterocycles. The molecule has 1 aromatic heterocycles. The molecule has 0 spiro atoms. The fourth-order valence-electron chi connectivity index (χ4n) is 4.73. The third kappa shape index (κ3) is 4.46. The molecule has 34 heavy (non-hydrogen) atoms. The van der Waals surface area contributed by atoms with Gasteiger partial charge in [0.2, 0.25) is 0 Å². The van der Waals surface area contributed by atoms with Crippen LogP contribution in [0.15, 0.2) is 65.7 Å². The lowest BCUT2D eigenvalue weighted by molar-refractivity contribution is -0.00124. The number of quaternary nitrogens is 1. The van der Waals surface area contributed by atoms with Gasteiger partial charge in [-0.1, -0.05) is 72.3 Å². The van der Waals surface area contributed by atoms with Gasteiger partial charge in [0.05, 0.1) is 18.2 Å². The second-order valence-corrected chi connectivity index (χ2v) is 9.22. The van der Waals surface area contributed by atoms with E-state index in [4.69, 9.17) is 27.1 Å². The first-order valence-electron chi connectivity index (χ1n) is 11.7. The fourth-order valence-corrected chi connectivity index (χ4v) is 4.91. The number of halogens is 1. The molecule has 0 saturated carbocycles. The maximum absolute atomic E-state index is 6.62. The second-order valence-electron chi connectivity index (χ2n) is 8.87. The van der Waals surface area contributed by atoms with Crippen LogP contribution in [0.25, 0.3) is 0 Å². The lowest BCUT2D eigenvalue weighted by Crippen LogP contribution is -2.66. The standard InChI is InChI=1S/C27H33ClN5O/c1-5-34-18-23-30-24-25(20(4)26(28)31-27(24)29)33(23,17-22-14-10-7-11-15-22)32(19(2)3)16-21-12-8-6-9-13-21/h6-15,19H,5,16-18H2,1-4H3,(H2,29,31)/q+1. The van der Waals surface area contributed by atoms with Crippen molar-refractivity contribution in [3.05, 3.63) is 82.5 Å². The van der Waals surface area contributed by atoms with E-state index >= 15 is 0 Å². The Labute approximate surface area is 207 Å². The lowest BCUT2D eigenvalue weighted by Gasteiger charge is -2.45. The van der Waals surface area contributed by atoms with Crippen LogP contribution in [-0.2, 0) is 17.8 Å². The number of ether oxygens (including phenoxy) is 1. The zero-order valence-corrected chi connectivity index (χ0v) is 21.1. The summed E-state index contributed by atoms with van der Waals surface area (Å²) in [5, 5.41) is 2.86. The summed E-state index contributed by atoms with van der Waals surface area (Å²) in [5.74, 6) is 1.22. The molecule has 2 aromatic carbocycles. The molecule has 0 radical (unpaired) electrons. The number of aliphatic imine (C=N–C) groups is 1. The summed E-state index contributed by atoms with van der Waals surface area (Å²) in [4.78, 5) is 9.45. The highest BCUT2D eigenvalue weighted by molar-refractivity contribution is 6.31. The largest absolute Gasteiger partial charge is 0.382 e. The molecule has 2 N–H and O–H groups in total. The van der Waals surface area contributed by atoms with Gasteiger partial charge in [0.15, 0.2) is 17.2 Å². The molecular formula is C27H33ClN5O+. The van der Waals surface area contributed by atoms with Crippen LogP contribution in [0.5, 0.6) is 0 Å². The Kier molecular flexibility index (Phi) is 7.33. The van der Waals surface area contributed by atoms with E-state index in [1.54, 1.807) is 0 Å². The van der Waals surface area contributed by atoms with Crippen LogP contribution < -0.4 is 10.3 Å². The zero-order chi connectivity index (χ0) is 24.3. The van der Waals surface area contributed by atoms with Gasteiger partial charge in [0, 0.05) is 12.2 Å². The highest BCUT2D eigenvalue weighted by Gasteiger charge is 2.53. The molecule has 7 heteroatoms. The van der Waals surface area contributed by atoms with Crippen LogP contribution in [-0.4, -0.2) is 35.1 Å². The van der Waals surface area contributed by atoms with E-state index in [1.165, 1.54) is 11.1 Å². The minimum Gasteiger partial charge on any atom is -0.382 e. The summed E-state index contributed by atoms with van der Waals surface area (Å²) >= 11 is 6.62. The van der Waals surface area contributed by atoms with E-state index in [9.17, 15) is 0 Å². The summed E-state index contributed by atoms with van der Waals surface area (Å²) in [6.45, 7) is 10.8. The molecule has 0 fully saturated rings. The molecule has 0 bridgehead atoms. The van der Waals surface area contributed by atoms with Crippen molar-refractivity contribution in [2.24, 2.45) is 4.99 Å². The lowest BCUT2D eigenvalue weighted by atomic mass is 10.1. The summed E-state index contributed by atoms with van der Waals surface area (Å²) in [6.07, 6.45) is 0. The van der Waals surface area contributed by atoms with Crippen LogP contribution in [0.4, 0.5) is 17.2 Å². The number of fused-ring (bicyclic) bond motifs is 1. The number of pyridine rings is 1. The Morgan fingerprint density at radius 1 is 1.03 bits per heavy atom. The number of anilines is 1. The molecule has 178 valence electrons. The highest BCUT2D eigenvalue weighted by Crippen LogP contribution is 2.50. The van der Waals surface area contributed by atoms with Crippen LogP contribution in [0.3, 0.4) is 0 Å². The average molecular weight is 479 g/mol. The van der Waals surface area contributed by atoms with E-state index in [0.717, 1.165) is 23.6 Å². The highest BCUT2D eigenvalue weighted by atomic mass is 35.5. The van der Waals surface area contributed by atoms with Crippen molar-refractivity contribution in [1.82, 2.24) is 14.6 Å². The third-order valence-electron chi connectivity index (χ3n) is 6.30. The number of nitrogen functional groups attached to an aromatic ring is 1. The van der Waals surface area contributed by atoms with E-state index in [0.29, 0.717) is 41.0 Å². The maximum atomic E-state index is 6.62. The number of rotatable bonds is 9. The Morgan fingerprint density at radius 3 is 2.24 bits per heavy atom. The molecule has 0 aliphatic carbocycles. The fraction of sp³-hybridized carbons (Fsp3) is 0.333. The first-order valence-corrected chi connectivity index (χ1v) is 12.1. The van der Waals surface area contributed by atoms with Crippen LogP contribution >= 0.6 is 11.6 Å². The average Bonchev–Trinajstić information content (AvgIpc) is 3.15. The molecule has 0 saturated heterocycles. The summed E-state index contributed by atoms with van der Waals surface area (Å²) in [6, 6.07) is 21.2. The number of amidine groups is 1. The van der Waals surface area contributed by atoms with Gasteiger partial charge in [0.1, 0.15) is 18.3 Å². The first kappa shape index (κ1) is 24.4. The number of hydrogen-bond donors (Lipinski definition) is 1. The molecule has 2 heterocycles. The van der Waals surface area contributed by atoms with Crippen LogP contribution in [0.1, 0.15) is 37.5 Å². The van der Waals surface area contributed by atoms with Gasteiger partial charge in [-0.05, 0) is 33.3 Å². The third-order valence-corrected chi connectivity index (χ3v) is 6.67. The smallest absolute Gasteiger partial charge is 0.255 e.